The Kier molecular flexibility index (Phi) is 4.86. The van der Waals surface area contributed by atoms with Crippen molar-refractivity contribution >= 4 is 15.9 Å². The third-order valence-electron chi connectivity index (χ3n) is 2.45. The van der Waals surface area contributed by atoms with Gasteiger partial charge >= 0.3 is 0 Å². The fourth-order valence-electron chi connectivity index (χ4n) is 1.56. The minimum Gasteiger partial charge on any atom is -0.303 e. The number of halogens is 2. The number of nitrogens with two attached hydrogens (primary N) is 1. The van der Waals surface area contributed by atoms with E-state index in [1.54, 1.807) is 6.07 Å². The van der Waals surface area contributed by atoms with E-state index in [1.807, 2.05) is 19.9 Å². The lowest BCUT2D eigenvalue weighted by Crippen LogP contribution is -2.40. The molecule has 0 bridgehead atoms. The summed E-state index contributed by atoms with van der Waals surface area (Å²) in [5.74, 6) is 4.97. The summed E-state index contributed by atoms with van der Waals surface area (Å²) in [5.41, 5.74) is 2.90. The Labute approximate surface area is 104 Å². The Hall–Kier alpha value is -0.490. The van der Waals surface area contributed by atoms with Gasteiger partial charge in [0.15, 0.2) is 0 Å². The van der Waals surface area contributed by atoms with E-state index in [1.165, 1.54) is 6.07 Å². The lowest BCUT2D eigenvalue weighted by Gasteiger charge is -2.26. The average Bonchev–Trinajstić information content (AvgIpc) is 2.22. The maximum atomic E-state index is 13.7. The molecule has 1 rings (SSSR count). The van der Waals surface area contributed by atoms with E-state index in [0.29, 0.717) is 18.8 Å². The SMILES string of the molecule is CC(C)(CNCNN)c1cc(Br)ccc1F. The van der Waals surface area contributed by atoms with Crippen LogP contribution in [0.25, 0.3) is 0 Å². The molecule has 0 atom stereocenters. The van der Waals surface area contributed by atoms with Gasteiger partial charge in [0.1, 0.15) is 5.82 Å². The Morgan fingerprint density at radius 1 is 1.44 bits per heavy atom. The number of hydrogen-bond acceptors (Lipinski definition) is 3. The van der Waals surface area contributed by atoms with Crippen LogP contribution in [0.15, 0.2) is 22.7 Å². The van der Waals surface area contributed by atoms with E-state index in [9.17, 15) is 4.39 Å². The molecule has 16 heavy (non-hydrogen) atoms. The van der Waals surface area contributed by atoms with E-state index in [4.69, 9.17) is 5.84 Å². The summed E-state index contributed by atoms with van der Waals surface area (Å²) in [4.78, 5) is 0. The van der Waals surface area contributed by atoms with Crippen molar-refractivity contribution in [2.75, 3.05) is 13.2 Å². The molecule has 1 aromatic carbocycles. The van der Waals surface area contributed by atoms with Gasteiger partial charge in [-0.1, -0.05) is 29.8 Å². The summed E-state index contributed by atoms with van der Waals surface area (Å²) >= 11 is 3.35. The maximum Gasteiger partial charge on any atom is 0.127 e. The zero-order valence-electron chi connectivity index (χ0n) is 9.48. The zero-order valence-corrected chi connectivity index (χ0v) is 11.1. The molecule has 0 amide bonds. The summed E-state index contributed by atoms with van der Waals surface area (Å²) < 4.78 is 14.6. The number of nitrogens with one attached hydrogen (secondary N) is 2. The number of benzene rings is 1. The molecule has 0 aliphatic carbocycles. The topological polar surface area (TPSA) is 50.1 Å². The first-order valence-electron chi connectivity index (χ1n) is 5.07. The van der Waals surface area contributed by atoms with Crippen LogP contribution in [0.5, 0.6) is 0 Å². The fourth-order valence-corrected chi connectivity index (χ4v) is 1.92. The van der Waals surface area contributed by atoms with E-state index in [-0.39, 0.29) is 11.2 Å². The second-order valence-corrected chi connectivity index (χ2v) is 5.23. The van der Waals surface area contributed by atoms with Gasteiger partial charge in [0.05, 0.1) is 6.67 Å². The van der Waals surface area contributed by atoms with Crippen molar-refractivity contribution < 1.29 is 4.39 Å². The summed E-state index contributed by atoms with van der Waals surface area (Å²) in [6.07, 6.45) is 0. The molecule has 0 saturated heterocycles. The molecular formula is C11H17BrFN3. The minimum absolute atomic E-state index is 0.185. The van der Waals surface area contributed by atoms with Crippen molar-refractivity contribution in [2.24, 2.45) is 5.84 Å². The Balaban J connectivity index is 2.83. The summed E-state index contributed by atoms with van der Waals surface area (Å²) in [6, 6.07) is 4.99. The third-order valence-corrected chi connectivity index (χ3v) is 2.94. The van der Waals surface area contributed by atoms with Gasteiger partial charge in [-0.25, -0.2) is 9.82 Å². The van der Waals surface area contributed by atoms with E-state index in [0.717, 1.165) is 4.47 Å². The van der Waals surface area contributed by atoms with E-state index in [2.05, 4.69) is 26.7 Å². The first-order chi connectivity index (χ1) is 7.47. The van der Waals surface area contributed by atoms with Crippen LogP contribution in [0.4, 0.5) is 4.39 Å². The lowest BCUT2D eigenvalue weighted by atomic mass is 9.84. The first-order valence-corrected chi connectivity index (χ1v) is 5.86. The van der Waals surface area contributed by atoms with Crippen molar-refractivity contribution in [1.82, 2.24) is 10.7 Å². The first kappa shape index (κ1) is 13.6. The third kappa shape index (κ3) is 3.52. The molecule has 1 aromatic rings. The molecular weight excluding hydrogens is 273 g/mol. The summed E-state index contributed by atoms with van der Waals surface area (Å²) in [6.45, 7) is 5.12. The molecule has 0 aliphatic heterocycles. The molecule has 0 spiro atoms. The zero-order chi connectivity index (χ0) is 12.2. The highest BCUT2D eigenvalue weighted by Crippen LogP contribution is 2.27. The standard InChI is InChI=1S/C11H17BrFN3/c1-11(2,6-15-7-16-14)9-5-8(12)3-4-10(9)13/h3-5,15-16H,6-7,14H2,1-2H3. The molecule has 5 heteroatoms. The smallest absolute Gasteiger partial charge is 0.127 e. The van der Waals surface area contributed by atoms with Crippen LogP contribution in [0.1, 0.15) is 19.4 Å². The van der Waals surface area contributed by atoms with Crippen LogP contribution >= 0.6 is 15.9 Å². The van der Waals surface area contributed by atoms with Gasteiger partial charge in [-0.05, 0) is 23.8 Å². The van der Waals surface area contributed by atoms with Crippen molar-refractivity contribution in [3.63, 3.8) is 0 Å². The molecule has 0 fully saturated rings. The van der Waals surface area contributed by atoms with Gasteiger partial charge in [-0.2, -0.15) is 0 Å². The van der Waals surface area contributed by atoms with Crippen LogP contribution in [0.2, 0.25) is 0 Å². The van der Waals surface area contributed by atoms with E-state index < -0.39 is 0 Å². The van der Waals surface area contributed by atoms with Crippen molar-refractivity contribution in [3.05, 3.63) is 34.1 Å². The Morgan fingerprint density at radius 3 is 2.75 bits per heavy atom. The van der Waals surface area contributed by atoms with Crippen LogP contribution in [-0.4, -0.2) is 13.2 Å². The highest BCUT2D eigenvalue weighted by molar-refractivity contribution is 9.10. The van der Waals surface area contributed by atoms with Gasteiger partial charge in [0, 0.05) is 16.4 Å². The molecule has 0 aliphatic rings. The predicted molar refractivity (Wildman–Crippen MR) is 67.3 cm³/mol. The van der Waals surface area contributed by atoms with E-state index >= 15 is 0 Å². The number of hydrazine groups is 1. The lowest BCUT2D eigenvalue weighted by molar-refractivity contribution is 0.434. The fraction of sp³-hybridized carbons (Fsp3) is 0.455. The van der Waals surface area contributed by atoms with Gasteiger partial charge in [-0.15, -0.1) is 0 Å². The van der Waals surface area contributed by atoms with Crippen LogP contribution in [0.3, 0.4) is 0 Å². The van der Waals surface area contributed by atoms with Gasteiger partial charge in [-0.3, -0.25) is 5.84 Å². The molecule has 3 nitrogen and oxygen atoms in total. The molecule has 4 N–H and O–H groups in total. The van der Waals surface area contributed by atoms with Crippen LogP contribution in [0, 0.1) is 5.82 Å². The summed E-state index contributed by atoms with van der Waals surface area (Å²) in [5, 5.41) is 3.10. The Bertz CT molecular complexity index is 355. The monoisotopic (exact) mass is 289 g/mol. The molecule has 0 unspecified atom stereocenters. The van der Waals surface area contributed by atoms with Crippen molar-refractivity contribution in [1.29, 1.82) is 0 Å². The highest BCUT2D eigenvalue weighted by atomic mass is 79.9. The minimum atomic E-state index is -0.287. The highest BCUT2D eigenvalue weighted by Gasteiger charge is 2.23. The van der Waals surface area contributed by atoms with Crippen molar-refractivity contribution in [2.45, 2.75) is 19.3 Å². The second kappa shape index (κ2) is 5.72. The van der Waals surface area contributed by atoms with Crippen molar-refractivity contribution in [3.8, 4) is 0 Å². The predicted octanol–water partition coefficient (Wildman–Crippen LogP) is 1.88. The molecule has 0 heterocycles. The Morgan fingerprint density at radius 2 is 2.12 bits per heavy atom. The largest absolute Gasteiger partial charge is 0.303 e. The normalized spacial score (nSPS) is 11.8. The molecule has 0 radical (unpaired) electrons. The maximum absolute atomic E-state index is 13.7. The molecule has 90 valence electrons. The number of hydrogen-bond donors (Lipinski definition) is 3. The number of rotatable bonds is 5. The molecule has 0 aromatic heterocycles. The van der Waals surface area contributed by atoms with Gasteiger partial charge in [0.25, 0.3) is 0 Å². The quantitative estimate of drug-likeness (QED) is 0.336. The second-order valence-electron chi connectivity index (χ2n) is 4.32. The van der Waals surface area contributed by atoms with Crippen LogP contribution < -0.4 is 16.6 Å². The van der Waals surface area contributed by atoms with Gasteiger partial charge in [0.2, 0.25) is 0 Å². The van der Waals surface area contributed by atoms with Crippen LogP contribution in [-0.2, 0) is 5.41 Å². The molecule has 0 saturated carbocycles. The average molecular weight is 290 g/mol. The summed E-state index contributed by atoms with van der Waals surface area (Å²) in [7, 11) is 0. The van der Waals surface area contributed by atoms with Gasteiger partial charge < -0.3 is 5.32 Å².